The lowest BCUT2D eigenvalue weighted by molar-refractivity contribution is 0.546. The Hall–Kier alpha value is -1.62. The Labute approximate surface area is 130 Å². The van der Waals surface area contributed by atoms with Gasteiger partial charge in [0.15, 0.2) is 0 Å². The van der Waals surface area contributed by atoms with Gasteiger partial charge in [0.2, 0.25) is 0 Å². The number of nitrogens with one attached hydrogen (secondary N) is 1. The minimum atomic E-state index is -0.116. The lowest BCUT2D eigenvalue weighted by atomic mass is 9.95. The number of hydrogen-bond donors (Lipinski definition) is 2. The molecule has 0 aliphatic carbocycles. The molecular formula is C16H24N4S. The predicted octanol–water partition coefficient (Wildman–Crippen LogP) is 3.77. The first-order valence-corrected chi connectivity index (χ1v) is 8.09. The highest BCUT2D eigenvalue weighted by atomic mass is 32.1. The van der Waals surface area contributed by atoms with E-state index in [1.165, 1.54) is 4.88 Å². The van der Waals surface area contributed by atoms with E-state index in [1.54, 1.807) is 11.3 Å². The van der Waals surface area contributed by atoms with Gasteiger partial charge in [0.1, 0.15) is 17.5 Å². The van der Waals surface area contributed by atoms with Crippen molar-refractivity contribution in [3.8, 4) is 0 Å². The van der Waals surface area contributed by atoms with Crippen LogP contribution in [0.5, 0.6) is 0 Å². The summed E-state index contributed by atoms with van der Waals surface area (Å²) in [6, 6.07) is 4.53. The van der Waals surface area contributed by atoms with Gasteiger partial charge in [-0.05, 0) is 25.3 Å². The molecule has 0 saturated carbocycles. The van der Waals surface area contributed by atoms with Crippen LogP contribution in [0.1, 0.15) is 44.0 Å². The lowest BCUT2D eigenvalue weighted by Gasteiger charge is -2.21. The van der Waals surface area contributed by atoms with Crippen molar-refractivity contribution >= 4 is 23.0 Å². The van der Waals surface area contributed by atoms with Crippen molar-refractivity contribution in [3.63, 3.8) is 0 Å². The standard InChI is InChI=1S/C16H24N4S/c1-10(9-12-7-6-8-21-12)18-14-11(2)13(17)19-15(20-14)16(3,4)5/h6-8,10H,9H2,1-5H3,(H3,17,18,19,20). The van der Waals surface area contributed by atoms with E-state index in [9.17, 15) is 0 Å². The average molecular weight is 304 g/mol. The van der Waals surface area contributed by atoms with Crippen molar-refractivity contribution in [1.82, 2.24) is 9.97 Å². The summed E-state index contributed by atoms with van der Waals surface area (Å²) in [5.41, 5.74) is 6.84. The number of nitrogens with zero attached hydrogens (tertiary/aromatic N) is 2. The molecule has 4 nitrogen and oxygen atoms in total. The van der Waals surface area contributed by atoms with Crippen LogP contribution < -0.4 is 11.1 Å². The van der Waals surface area contributed by atoms with E-state index >= 15 is 0 Å². The zero-order valence-electron chi connectivity index (χ0n) is 13.4. The number of hydrogen-bond acceptors (Lipinski definition) is 5. The summed E-state index contributed by atoms with van der Waals surface area (Å²) in [6.45, 7) is 10.4. The summed E-state index contributed by atoms with van der Waals surface area (Å²) in [5.74, 6) is 2.17. The van der Waals surface area contributed by atoms with Gasteiger partial charge in [-0.15, -0.1) is 11.3 Å². The van der Waals surface area contributed by atoms with Crippen molar-refractivity contribution in [2.45, 2.75) is 52.5 Å². The Morgan fingerprint density at radius 1 is 1.33 bits per heavy atom. The van der Waals surface area contributed by atoms with Crippen LogP contribution in [0.4, 0.5) is 11.6 Å². The number of aromatic nitrogens is 2. The Bertz CT molecular complexity index is 599. The number of nitrogen functional groups attached to an aromatic ring is 1. The highest BCUT2D eigenvalue weighted by Crippen LogP contribution is 2.25. The van der Waals surface area contributed by atoms with E-state index in [4.69, 9.17) is 5.73 Å². The van der Waals surface area contributed by atoms with Crippen LogP contribution in [-0.4, -0.2) is 16.0 Å². The molecule has 2 aromatic heterocycles. The molecule has 0 radical (unpaired) electrons. The van der Waals surface area contributed by atoms with Crippen LogP contribution in [0, 0.1) is 6.92 Å². The number of thiophene rings is 1. The van der Waals surface area contributed by atoms with E-state index in [2.05, 4.69) is 60.5 Å². The van der Waals surface area contributed by atoms with E-state index in [-0.39, 0.29) is 5.41 Å². The van der Waals surface area contributed by atoms with Gasteiger partial charge in [-0.3, -0.25) is 0 Å². The van der Waals surface area contributed by atoms with Gasteiger partial charge >= 0.3 is 0 Å². The van der Waals surface area contributed by atoms with Gasteiger partial charge in [0, 0.05) is 28.3 Å². The quantitative estimate of drug-likeness (QED) is 0.902. The predicted molar refractivity (Wildman–Crippen MR) is 91.0 cm³/mol. The Balaban J connectivity index is 2.20. The summed E-state index contributed by atoms with van der Waals surface area (Å²) >= 11 is 1.78. The molecule has 21 heavy (non-hydrogen) atoms. The molecule has 0 aromatic carbocycles. The second-order valence-electron chi connectivity index (χ2n) is 6.48. The third kappa shape index (κ3) is 3.94. The number of anilines is 2. The molecule has 0 aliphatic heterocycles. The molecule has 0 saturated heterocycles. The first-order chi connectivity index (χ1) is 9.77. The molecule has 2 aromatic rings. The van der Waals surface area contributed by atoms with Crippen molar-refractivity contribution in [2.24, 2.45) is 0 Å². The molecule has 1 atom stereocenters. The van der Waals surface area contributed by atoms with Gasteiger partial charge in [-0.1, -0.05) is 26.8 Å². The zero-order chi connectivity index (χ0) is 15.6. The first kappa shape index (κ1) is 15.8. The summed E-state index contributed by atoms with van der Waals surface area (Å²) < 4.78 is 0. The van der Waals surface area contributed by atoms with Crippen LogP contribution in [0.15, 0.2) is 17.5 Å². The normalized spacial score (nSPS) is 13.2. The number of rotatable bonds is 4. The summed E-state index contributed by atoms with van der Waals surface area (Å²) in [6.07, 6.45) is 0.978. The number of nitrogens with two attached hydrogens (primary N) is 1. The highest BCUT2D eigenvalue weighted by molar-refractivity contribution is 7.09. The van der Waals surface area contributed by atoms with Crippen LogP contribution >= 0.6 is 11.3 Å². The van der Waals surface area contributed by atoms with E-state index in [1.807, 2.05) is 6.92 Å². The molecule has 0 amide bonds. The van der Waals surface area contributed by atoms with Gasteiger partial charge in [-0.2, -0.15) is 0 Å². The lowest BCUT2D eigenvalue weighted by Crippen LogP contribution is -2.23. The Kier molecular flexibility index (Phi) is 4.52. The van der Waals surface area contributed by atoms with Crippen LogP contribution in [-0.2, 0) is 11.8 Å². The molecule has 0 fully saturated rings. The maximum atomic E-state index is 6.04. The van der Waals surface area contributed by atoms with Crippen LogP contribution in [0.3, 0.4) is 0 Å². The first-order valence-electron chi connectivity index (χ1n) is 7.21. The average Bonchev–Trinajstić information content (AvgIpc) is 2.86. The monoisotopic (exact) mass is 304 g/mol. The Morgan fingerprint density at radius 3 is 2.62 bits per heavy atom. The summed E-state index contributed by atoms with van der Waals surface area (Å²) in [5, 5.41) is 5.58. The van der Waals surface area contributed by atoms with Crippen LogP contribution in [0.25, 0.3) is 0 Å². The zero-order valence-corrected chi connectivity index (χ0v) is 14.2. The SMILES string of the molecule is Cc1c(N)nc(C(C)(C)C)nc1NC(C)Cc1cccs1. The topological polar surface area (TPSA) is 63.8 Å². The molecule has 3 N–H and O–H groups in total. The molecule has 2 heterocycles. The smallest absolute Gasteiger partial charge is 0.138 e. The third-order valence-electron chi connectivity index (χ3n) is 3.32. The second-order valence-corrected chi connectivity index (χ2v) is 7.52. The maximum Gasteiger partial charge on any atom is 0.138 e. The fourth-order valence-corrected chi connectivity index (χ4v) is 2.86. The molecule has 5 heteroatoms. The molecule has 0 aliphatic rings. The van der Waals surface area contributed by atoms with Crippen molar-refractivity contribution < 1.29 is 0 Å². The molecule has 2 rings (SSSR count). The van der Waals surface area contributed by atoms with Gasteiger partial charge < -0.3 is 11.1 Å². The third-order valence-corrected chi connectivity index (χ3v) is 4.22. The molecule has 0 bridgehead atoms. The van der Waals surface area contributed by atoms with Gasteiger partial charge in [0.05, 0.1) is 0 Å². The van der Waals surface area contributed by atoms with Crippen LogP contribution in [0.2, 0.25) is 0 Å². The molecular weight excluding hydrogens is 280 g/mol. The van der Waals surface area contributed by atoms with E-state index < -0.39 is 0 Å². The fraction of sp³-hybridized carbons (Fsp3) is 0.500. The Morgan fingerprint density at radius 2 is 2.05 bits per heavy atom. The molecule has 114 valence electrons. The minimum Gasteiger partial charge on any atom is -0.383 e. The fourth-order valence-electron chi connectivity index (χ4n) is 2.02. The largest absolute Gasteiger partial charge is 0.383 e. The van der Waals surface area contributed by atoms with Crippen molar-refractivity contribution in [1.29, 1.82) is 0 Å². The summed E-state index contributed by atoms with van der Waals surface area (Å²) in [7, 11) is 0. The second kappa shape index (κ2) is 6.02. The van der Waals surface area contributed by atoms with Crippen molar-refractivity contribution in [3.05, 3.63) is 33.8 Å². The maximum absolute atomic E-state index is 6.04. The highest BCUT2D eigenvalue weighted by Gasteiger charge is 2.21. The van der Waals surface area contributed by atoms with E-state index in [0.29, 0.717) is 11.9 Å². The molecule has 0 spiro atoms. The van der Waals surface area contributed by atoms with Crippen molar-refractivity contribution in [2.75, 3.05) is 11.1 Å². The van der Waals surface area contributed by atoms with Gasteiger partial charge in [0.25, 0.3) is 0 Å². The molecule has 1 unspecified atom stereocenters. The van der Waals surface area contributed by atoms with Gasteiger partial charge in [-0.25, -0.2) is 9.97 Å². The van der Waals surface area contributed by atoms with E-state index in [0.717, 1.165) is 23.6 Å². The summed E-state index contributed by atoms with van der Waals surface area (Å²) in [4.78, 5) is 10.5. The minimum absolute atomic E-state index is 0.116.